The molecule has 16 heavy (non-hydrogen) atoms. The van der Waals surface area contributed by atoms with E-state index in [0.29, 0.717) is 16.4 Å². The van der Waals surface area contributed by atoms with E-state index in [1.54, 1.807) is 48.3 Å². The molecule has 0 saturated carbocycles. The lowest BCUT2D eigenvalue weighted by Gasteiger charge is -2.02. The van der Waals surface area contributed by atoms with E-state index in [4.69, 9.17) is 11.6 Å². The molecule has 2 aromatic rings. The molecule has 0 aliphatic heterocycles. The van der Waals surface area contributed by atoms with E-state index in [1.165, 1.54) is 0 Å². The second kappa shape index (κ2) is 4.37. The molecule has 1 aromatic carbocycles. The number of amides is 1. The second-order valence-corrected chi connectivity index (χ2v) is 3.77. The summed E-state index contributed by atoms with van der Waals surface area (Å²) >= 11 is 5.74. The van der Waals surface area contributed by atoms with Gasteiger partial charge in [0, 0.05) is 24.0 Å². The minimum atomic E-state index is -0.233. The van der Waals surface area contributed by atoms with Crippen molar-refractivity contribution >= 4 is 23.2 Å². The quantitative estimate of drug-likeness (QED) is 0.869. The SMILES string of the molecule is Cn1ccc(C(=O)Nc2ccc(Cl)cc2)n1. The predicted octanol–water partition coefficient (Wildman–Crippen LogP) is 2.33. The maximum atomic E-state index is 11.7. The molecular formula is C11H10ClN3O. The highest BCUT2D eigenvalue weighted by Crippen LogP contribution is 2.13. The van der Waals surface area contributed by atoms with Crippen molar-refractivity contribution in [2.45, 2.75) is 0 Å². The van der Waals surface area contributed by atoms with Crippen molar-refractivity contribution < 1.29 is 4.79 Å². The average Bonchev–Trinajstić information content (AvgIpc) is 2.68. The molecule has 0 aliphatic carbocycles. The average molecular weight is 236 g/mol. The second-order valence-electron chi connectivity index (χ2n) is 3.34. The Bertz CT molecular complexity index is 504. The minimum Gasteiger partial charge on any atom is -0.321 e. The van der Waals surface area contributed by atoms with Gasteiger partial charge in [-0.05, 0) is 30.3 Å². The number of rotatable bonds is 2. The summed E-state index contributed by atoms with van der Waals surface area (Å²) in [6, 6.07) is 8.57. The van der Waals surface area contributed by atoms with Crippen LogP contribution in [-0.4, -0.2) is 15.7 Å². The Kier molecular flexibility index (Phi) is 2.92. The number of hydrogen-bond donors (Lipinski definition) is 1. The Balaban J connectivity index is 2.10. The van der Waals surface area contributed by atoms with E-state index in [9.17, 15) is 4.79 Å². The Labute approximate surface area is 97.8 Å². The predicted molar refractivity (Wildman–Crippen MR) is 62.6 cm³/mol. The number of carbonyl (C=O) groups is 1. The first-order valence-electron chi connectivity index (χ1n) is 4.72. The molecule has 4 nitrogen and oxygen atoms in total. The van der Waals surface area contributed by atoms with Gasteiger partial charge >= 0.3 is 0 Å². The molecule has 5 heteroatoms. The monoisotopic (exact) mass is 235 g/mol. The first kappa shape index (κ1) is 10.7. The van der Waals surface area contributed by atoms with Gasteiger partial charge in [-0.1, -0.05) is 11.6 Å². The first-order chi connectivity index (χ1) is 7.65. The van der Waals surface area contributed by atoms with Gasteiger partial charge in [-0.15, -0.1) is 0 Å². The van der Waals surface area contributed by atoms with E-state index in [-0.39, 0.29) is 5.91 Å². The van der Waals surface area contributed by atoms with Crippen LogP contribution in [0, 0.1) is 0 Å². The van der Waals surface area contributed by atoms with Crippen molar-refractivity contribution in [1.82, 2.24) is 9.78 Å². The number of aromatic nitrogens is 2. The zero-order valence-corrected chi connectivity index (χ0v) is 9.40. The van der Waals surface area contributed by atoms with Gasteiger partial charge in [0.1, 0.15) is 0 Å². The van der Waals surface area contributed by atoms with Crippen LogP contribution in [0.4, 0.5) is 5.69 Å². The molecule has 82 valence electrons. The normalized spacial score (nSPS) is 10.1. The van der Waals surface area contributed by atoms with Crippen molar-refractivity contribution in [3.05, 3.63) is 47.2 Å². The fourth-order valence-electron chi connectivity index (χ4n) is 1.26. The van der Waals surface area contributed by atoms with Crippen molar-refractivity contribution in [3.63, 3.8) is 0 Å². The van der Waals surface area contributed by atoms with Gasteiger partial charge in [-0.2, -0.15) is 5.10 Å². The standard InChI is InChI=1S/C11H10ClN3O/c1-15-7-6-10(14-15)11(16)13-9-4-2-8(12)3-5-9/h2-7H,1H3,(H,13,16). The van der Waals surface area contributed by atoms with Crippen molar-refractivity contribution in [2.24, 2.45) is 7.05 Å². The highest BCUT2D eigenvalue weighted by atomic mass is 35.5. The molecule has 0 radical (unpaired) electrons. The van der Waals surface area contributed by atoms with Gasteiger partial charge in [-0.3, -0.25) is 9.48 Å². The highest BCUT2D eigenvalue weighted by molar-refractivity contribution is 6.30. The number of halogens is 1. The molecule has 2 rings (SSSR count). The summed E-state index contributed by atoms with van der Waals surface area (Å²) in [5.74, 6) is -0.233. The summed E-state index contributed by atoms with van der Waals surface area (Å²) in [7, 11) is 1.76. The number of benzene rings is 1. The third kappa shape index (κ3) is 2.41. The van der Waals surface area contributed by atoms with Gasteiger partial charge in [0.15, 0.2) is 5.69 Å². The highest BCUT2D eigenvalue weighted by Gasteiger charge is 2.08. The lowest BCUT2D eigenvalue weighted by Crippen LogP contribution is -2.12. The Morgan fingerprint density at radius 2 is 2.00 bits per heavy atom. The van der Waals surface area contributed by atoms with Crippen molar-refractivity contribution in [1.29, 1.82) is 0 Å². The summed E-state index contributed by atoms with van der Waals surface area (Å²) < 4.78 is 1.58. The van der Waals surface area contributed by atoms with Crippen LogP contribution in [0.25, 0.3) is 0 Å². The zero-order chi connectivity index (χ0) is 11.5. The molecule has 1 amide bonds. The molecule has 0 bridgehead atoms. The van der Waals surface area contributed by atoms with Gasteiger partial charge in [-0.25, -0.2) is 0 Å². The summed E-state index contributed by atoms with van der Waals surface area (Å²) in [6.45, 7) is 0. The number of hydrogen-bond acceptors (Lipinski definition) is 2. The fourth-order valence-corrected chi connectivity index (χ4v) is 1.39. The molecule has 1 N–H and O–H groups in total. The minimum absolute atomic E-state index is 0.233. The van der Waals surface area contributed by atoms with Crippen LogP contribution in [0.2, 0.25) is 5.02 Å². The third-order valence-electron chi connectivity index (χ3n) is 2.05. The molecule has 0 spiro atoms. The maximum Gasteiger partial charge on any atom is 0.276 e. The molecule has 1 aromatic heterocycles. The van der Waals surface area contributed by atoms with Crippen molar-refractivity contribution in [2.75, 3.05) is 5.32 Å². The topological polar surface area (TPSA) is 46.9 Å². The van der Waals surface area contributed by atoms with E-state index in [2.05, 4.69) is 10.4 Å². The number of carbonyl (C=O) groups excluding carboxylic acids is 1. The van der Waals surface area contributed by atoms with Gasteiger partial charge < -0.3 is 5.32 Å². The van der Waals surface area contributed by atoms with Crippen LogP contribution >= 0.6 is 11.6 Å². The molecule has 0 aliphatic rings. The number of aryl methyl sites for hydroxylation is 1. The largest absolute Gasteiger partial charge is 0.321 e. The van der Waals surface area contributed by atoms with Crippen LogP contribution in [-0.2, 0) is 7.05 Å². The van der Waals surface area contributed by atoms with E-state index < -0.39 is 0 Å². The lowest BCUT2D eigenvalue weighted by atomic mass is 10.3. The van der Waals surface area contributed by atoms with Crippen LogP contribution < -0.4 is 5.32 Å². The lowest BCUT2D eigenvalue weighted by molar-refractivity contribution is 0.102. The number of anilines is 1. The van der Waals surface area contributed by atoms with Crippen molar-refractivity contribution in [3.8, 4) is 0 Å². The van der Waals surface area contributed by atoms with Crippen LogP contribution in [0.15, 0.2) is 36.5 Å². The fraction of sp³-hybridized carbons (Fsp3) is 0.0909. The molecule has 0 atom stereocenters. The molecule has 1 heterocycles. The first-order valence-corrected chi connectivity index (χ1v) is 5.09. The molecule has 0 fully saturated rings. The zero-order valence-electron chi connectivity index (χ0n) is 8.64. The van der Waals surface area contributed by atoms with Gasteiger partial charge in [0.25, 0.3) is 5.91 Å². The van der Waals surface area contributed by atoms with Gasteiger partial charge in [0.05, 0.1) is 0 Å². The van der Waals surface area contributed by atoms with Crippen LogP contribution in [0.5, 0.6) is 0 Å². The number of nitrogens with zero attached hydrogens (tertiary/aromatic N) is 2. The van der Waals surface area contributed by atoms with E-state index in [1.807, 2.05) is 0 Å². The summed E-state index contributed by atoms with van der Waals surface area (Å²) in [4.78, 5) is 11.7. The summed E-state index contributed by atoms with van der Waals surface area (Å²) in [6.07, 6.45) is 1.72. The van der Waals surface area contributed by atoms with Gasteiger partial charge in [0.2, 0.25) is 0 Å². The Hall–Kier alpha value is -1.81. The maximum absolute atomic E-state index is 11.7. The van der Waals surface area contributed by atoms with Crippen LogP contribution in [0.1, 0.15) is 10.5 Å². The van der Waals surface area contributed by atoms with Crippen LogP contribution in [0.3, 0.4) is 0 Å². The van der Waals surface area contributed by atoms with E-state index in [0.717, 1.165) is 0 Å². The van der Waals surface area contributed by atoms with E-state index >= 15 is 0 Å². The Morgan fingerprint density at radius 3 is 2.56 bits per heavy atom. The molecule has 0 saturated heterocycles. The Morgan fingerprint density at radius 1 is 1.31 bits per heavy atom. The molecular weight excluding hydrogens is 226 g/mol. The molecule has 0 unspecified atom stereocenters. The summed E-state index contributed by atoms with van der Waals surface area (Å²) in [5, 5.41) is 7.36. The smallest absolute Gasteiger partial charge is 0.276 e. The number of nitrogens with one attached hydrogen (secondary N) is 1. The third-order valence-corrected chi connectivity index (χ3v) is 2.30. The summed E-state index contributed by atoms with van der Waals surface area (Å²) in [5.41, 5.74) is 1.08.